The van der Waals surface area contributed by atoms with Gasteiger partial charge in [0.1, 0.15) is 0 Å². The van der Waals surface area contributed by atoms with Crippen molar-refractivity contribution < 1.29 is 25.3 Å². The van der Waals surface area contributed by atoms with E-state index in [2.05, 4.69) is 0 Å². The fraction of sp³-hybridized carbons (Fsp3) is 1.00. The molecule has 7 heavy (non-hydrogen) atoms. The van der Waals surface area contributed by atoms with Gasteiger partial charge in [-0.15, -0.1) is 0 Å². The highest BCUT2D eigenvalue weighted by molar-refractivity contribution is 7.50. The fourth-order valence-electron chi connectivity index (χ4n) is 0. The topological polar surface area (TPSA) is 121 Å². The van der Waals surface area contributed by atoms with Gasteiger partial charge in [-0.1, -0.05) is 0 Å². The molecule has 0 saturated heterocycles. The summed E-state index contributed by atoms with van der Waals surface area (Å²) in [5.41, 5.74) is 0. The van der Waals surface area contributed by atoms with Gasteiger partial charge in [0, 0.05) is 6.66 Å². The lowest BCUT2D eigenvalue weighted by Crippen LogP contribution is -1.64. The molecule has 0 amide bonds. The molecule has 0 aromatic rings. The van der Waals surface area contributed by atoms with Gasteiger partial charge in [-0.05, 0) is 0 Å². The Morgan fingerprint density at radius 3 is 1.29 bits per heavy atom. The minimum absolute atomic E-state index is 0. The summed E-state index contributed by atoms with van der Waals surface area (Å²) in [5.74, 6) is 0. The van der Waals surface area contributed by atoms with E-state index in [-0.39, 0.29) is 11.0 Å². The second-order valence-electron chi connectivity index (χ2n) is 0.835. The molecule has 0 spiro atoms. The van der Waals surface area contributed by atoms with Crippen LogP contribution in [0.5, 0.6) is 0 Å². The van der Waals surface area contributed by atoms with Crippen molar-refractivity contribution in [2.45, 2.75) is 0 Å². The lowest BCUT2D eigenvalue weighted by Gasteiger charge is -1.84. The fourth-order valence-corrected chi connectivity index (χ4v) is 0. The molecule has 0 fully saturated rings. The normalized spacial score (nSPS) is 8.43. The van der Waals surface area contributed by atoms with Crippen molar-refractivity contribution >= 4 is 7.60 Å². The summed E-state index contributed by atoms with van der Waals surface area (Å²) in [6.07, 6.45) is 0. The largest absolute Gasteiger partial charge is 0.412 e. The van der Waals surface area contributed by atoms with Gasteiger partial charge < -0.3 is 20.7 Å². The van der Waals surface area contributed by atoms with E-state index in [0.717, 1.165) is 6.66 Å². The van der Waals surface area contributed by atoms with Crippen molar-refractivity contribution in [3.8, 4) is 0 Å². The maximum atomic E-state index is 9.33. The van der Waals surface area contributed by atoms with Gasteiger partial charge in [0.15, 0.2) is 0 Å². The van der Waals surface area contributed by atoms with E-state index in [4.69, 9.17) is 9.79 Å². The molecule has 6 N–H and O–H groups in total. The van der Waals surface area contributed by atoms with Crippen LogP contribution in [0.15, 0.2) is 0 Å². The summed E-state index contributed by atoms with van der Waals surface area (Å²) in [4.78, 5) is 15.3. The van der Waals surface area contributed by atoms with E-state index in [9.17, 15) is 4.57 Å². The van der Waals surface area contributed by atoms with Crippen LogP contribution in [0.1, 0.15) is 0 Å². The lowest BCUT2D eigenvalue weighted by molar-refractivity contribution is 0.381. The quantitative estimate of drug-likeness (QED) is 0.376. The molecule has 0 heterocycles. The zero-order valence-corrected chi connectivity index (χ0v) is 4.64. The molecule has 0 aromatic carbocycles. The molecule has 6 heteroatoms. The SMILES string of the molecule is CP(=O)(O)O.O.O. The third kappa shape index (κ3) is 20500. The molecular formula is CH9O5P. The van der Waals surface area contributed by atoms with Crippen molar-refractivity contribution in [2.75, 3.05) is 6.66 Å². The minimum atomic E-state index is -3.64. The Morgan fingerprint density at radius 1 is 1.29 bits per heavy atom. The highest BCUT2D eigenvalue weighted by atomic mass is 31.2. The first-order valence-corrected chi connectivity index (χ1v) is 3.09. The van der Waals surface area contributed by atoms with Crippen LogP contribution in [-0.4, -0.2) is 27.4 Å². The molecule has 0 aliphatic rings. The third-order valence-electron chi connectivity index (χ3n) is 0. The van der Waals surface area contributed by atoms with Crippen LogP contribution in [0, 0.1) is 0 Å². The van der Waals surface area contributed by atoms with Gasteiger partial charge in [-0.2, -0.15) is 0 Å². The second kappa shape index (κ2) is 4.23. The summed E-state index contributed by atoms with van der Waals surface area (Å²) < 4.78 is 9.33. The Morgan fingerprint density at radius 2 is 1.29 bits per heavy atom. The molecule has 0 aliphatic carbocycles. The first kappa shape index (κ1) is 15.7. The van der Waals surface area contributed by atoms with E-state index in [0.29, 0.717) is 0 Å². The Balaban J connectivity index is -0.0000000800. The number of hydrogen-bond acceptors (Lipinski definition) is 1. The summed E-state index contributed by atoms with van der Waals surface area (Å²) in [7, 11) is -3.64. The zero-order chi connectivity index (χ0) is 4.50. The summed E-state index contributed by atoms with van der Waals surface area (Å²) in [6, 6.07) is 0. The van der Waals surface area contributed by atoms with Gasteiger partial charge in [-0.3, -0.25) is 4.57 Å². The average Bonchev–Trinajstić information content (AvgIpc) is 0.722. The second-order valence-corrected chi connectivity index (χ2v) is 2.51. The van der Waals surface area contributed by atoms with Gasteiger partial charge in [0.25, 0.3) is 0 Å². The van der Waals surface area contributed by atoms with Gasteiger partial charge >= 0.3 is 7.60 Å². The van der Waals surface area contributed by atoms with Crippen molar-refractivity contribution in [1.82, 2.24) is 0 Å². The van der Waals surface area contributed by atoms with Crippen molar-refractivity contribution in [1.29, 1.82) is 0 Å². The molecule has 0 atom stereocenters. The summed E-state index contributed by atoms with van der Waals surface area (Å²) >= 11 is 0. The van der Waals surface area contributed by atoms with Crippen molar-refractivity contribution in [3.05, 3.63) is 0 Å². The third-order valence-corrected chi connectivity index (χ3v) is 0. The maximum Gasteiger partial charge on any atom is 0.322 e. The molecular weight excluding hydrogens is 123 g/mol. The van der Waals surface area contributed by atoms with Crippen LogP contribution in [0.4, 0.5) is 0 Å². The molecule has 0 aromatic heterocycles. The van der Waals surface area contributed by atoms with E-state index in [1.165, 1.54) is 0 Å². The number of rotatable bonds is 0. The van der Waals surface area contributed by atoms with Gasteiger partial charge in [0.05, 0.1) is 0 Å². The lowest BCUT2D eigenvalue weighted by atomic mass is 12.0. The van der Waals surface area contributed by atoms with Crippen LogP contribution in [-0.2, 0) is 4.57 Å². The predicted octanol–water partition coefficient (Wildman–Crippen LogP) is -1.86. The first-order valence-electron chi connectivity index (χ1n) is 1.03. The standard InChI is InChI=1S/CH5O3P.2H2O/c1-5(2,3)4;;/h1H3,(H2,2,3,4);2*1H2. The zero-order valence-electron chi connectivity index (χ0n) is 3.75. The number of hydrogen-bond donors (Lipinski definition) is 2. The Labute approximate surface area is 40.8 Å². The summed E-state index contributed by atoms with van der Waals surface area (Å²) in [5, 5.41) is 0. The molecule has 5 nitrogen and oxygen atoms in total. The molecule has 0 bridgehead atoms. The van der Waals surface area contributed by atoms with Crippen LogP contribution >= 0.6 is 7.60 Å². The Kier molecular flexibility index (Phi) is 9.51. The van der Waals surface area contributed by atoms with Crippen LogP contribution in [0.25, 0.3) is 0 Å². The van der Waals surface area contributed by atoms with Crippen molar-refractivity contribution in [2.24, 2.45) is 0 Å². The summed E-state index contributed by atoms with van der Waals surface area (Å²) in [6.45, 7) is 0.854. The van der Waals surface area contributed by atoms with Crippen molar-refractivity contribution in [3.63, 3.8) is 0 Å². The molecule has 0 unspecified atom stereocenters. The van der Waals surface area contributed by atoms with E-state index in [1.54, 1.807) is 0 Å². The van der Waals surface area contributed by atoms with Crippen LogP contribution in [0.2, 0.25) is 0 Å². The molecule has 0 radical (unpaired) electrons. The van der Waals surface area contributed by atoms with E-state index >= 15 is 0 Å². The predicted molar refractivity (Wildman–Crippen MR) is 25.2 cm³/mol. The molecule has 0 saturated carbocycles. The van der Waals surface area contributed by atoms with Gasteiger partial charge in [-0.25, -0.2) is 0 Å². The monoisotopic (exact) mass is 132 g/mol. The first-order chi connectivity index (χ1) is 2.00. The average molecular weight is 132 g/mol. The van der Waals surface area contributed by atoms with Crippen LogP contribution < -0.4 is 0 Å². The van der Waals surface area contributed by atoms with E-state index < -0.39 is 7.60 Å². The highest BCUT2D eigenvalue weighted by Crippen LogP contribution is 2.26. The highest BCUT2D eigenvalue weighted by Gasteiger charge is 1.95. The molecule has 0 rings (SSSR count). The van der Waals surface area contributed by atoms with Crippen LogP contribution in [0.3, 0.4) is 0 Å². The Hall–Kier alpha value is 0.0700. The maximum absolute atomic E-state index is 9.33. The molecule has 0 aliphatic heterocycles. The Bertz CT molecular complexity index is 54.2. The smallest absolute Gasteiger partial charge is 0.322 e. The molecule has 48 valence electrons. The minimum Gasteiger partial charge on any atom is -0.412 e. The van der Waals surface area contributed by atoms with Gasteiger partial charge in [0.2, 0.25) is 0 Å². The van der Waals surface area contributed by atoms with E-state index in [1.807, 2.05) is 0 Å².